The SMILES string of the molecule is O=C(Nc1ccc(Br)cc1)Nc1cccc(Cl)c1C(=O)O. The van der Waals surface area contributed by atoms with E-state index in [4.69, 9.17) is 16.7 Å². The highest BCUT2D eigenvalue weighted by Crippen LogP contribution is 2.24. The fraction of sp³-hybridized carbons (Fsp3) is 0. The molecule has 5 nitrogen and oxygen atoms in total. The summed E-state index contributed by atoms with van der Waals surface area (Å²) in [6.07, 6.45) is 0. The van der Waals surface area contributed by atoms with Gasteiger partial charge in [-0.15, -0.1) is 0 Å². The van der Waals surface area contributed by atoms with Gasteiger partial charge in [0.25, 0.3) is 0 Å². The van der Waals surface area contributed by atoms with Gasteiger partial charge in [0.05, 0.1) is 10.7 Å². The van der Waals surface area contributed by atoms with Crippen LogP contribution in [0, 0.1) is 0 Å². The van der Waals surface area contributed by atoms with Gasteiger partial charge in [0.1, 0.15) is 5.56 Å². The average Bonchev–Trinajstić information content (AvgIpc) is 2.41. The van der Waals surface area contributed by atoms with Gasteiger partial charge in [-0.1, -0.05) is 33.6 Å². The highest BCUT2D eigenvalue weighted by molar-refractivity contribution is 9.10. The molecule has 2 rings (SSSR count). The monoisotopic (exact) mass is 368 g/mol. The molecule has 0 spiro atoms. The summed E-state index contributed by atoms with van der Waals surface area (Å²) in [5, 5.41) is 14.2. The summed E-state index contributed by atoms with van der Waals surface area (Å²) in [7, 11) is 0. The Balaban J connectivity index is 2.15. The van der Waals surface area contributed by atoms with E-state index in [1.807, 2.05) is 0 Å². The number of urea groups is 1. The van der Waals surface area contributed by atoms with E-state index in [0.717, 1.165) is 4.47 Å². The van der Waals surface area contributed by atoms with E-state index in [0.29, 0.717) is 5.69 Å². The molecule has 0 aliphatic carbocycles. The molecular formula is C14H10BrClN2O3. The number of nitrogens with one attached hydrogen (secondary N) is 2. The Morgan fingerprint density at radius 2 is 1.71 bits per heavy atom. The zero-order valence-corrected chi connectivity index (χ0v) is 12.9. The third-order valence-corrected chi connectivity index (χ3v) is 3.42. The first-order valence-electron chi connectivity index (χ1n) is 5.83. The third-order valence-electron chi connectivity index (χ3n) is 2.58. The Kier molecular flexibility index (Phi) is 4.82. The number of halogens is 2. The van der Waals surface area contributed by atoms with Crippen LogP contribution in [0.4, 0.5) is 16.2 Å². The van der Waals surface area contributed by atoms with Crippen LogP contribution in [-0.4, -0.2) is 17.1 Å². The van der Waals surface area contributed by atoms with E-state index >= 15 is 0 Å². The van der Waals surface area contributed by atoms with Gasteiger partial charge in [-0.2, -0.15) is 0 Å². The molecule has 0 aliphatic rings. The molecule has 21 heavy (non-hydrogen) atoms. The van der Waals surface area contributed by atoms with Crippen LogP contribution in [0.5, 0.6) is 0 Å². The quantitative estimate of drug-likeness (QED) is 0.748. The van der Waals surface area contributed by atoms with Gasteiger partial charge in [0, 0.05) is 10.2 Å². The number of benzene rings is 2. The maximum Gasteiger partial charge on any atom is 0.339 e. The van der Waals surface area contributed by atoms with Crippen LogP contribution in [0.3, 0.4) is 0 Å². The van der Waals surface area contributed by atoms with E-state index in [9.17, 15) is 9.59 Å². The Bertz CT molecular complexity index is 689. The molecule has 0 atom stereocenters. The Labute approximate surface area is 134 Å². The second-order valence-corrected chi connectivity index (χ2v) is 5.38. The first-order chi connectivity index (χ1) is 9.97. The fourth-order valence-corrected chi connectivity index (χ4v) is 2.18. The summed E-state index contributed by atoms with van der Waals surface area (Å²) in [5.74, 6) is -1.21. The van der Waals surface area contributed by atoms with Crippen LogP contribution in [-0.2, 0) is 0 Å². The van der Waals surface area contributed by atoms with Crippen molar-refractivity contribution < 1.29 is 14.7 Å². The van der Waals surface area contributed by atoms with Gasteiger partial charge in [0.15, 0.2) is 0 Å². The number of carbonyl (C=O) groups excluding carboxylic acids is 1. The van der Waals surface area contributed by atoms with Gasteiger partial charge in [-0.05, 0) is 36.4 Å². The Morgan fingerprint density at radius 3 is 2.33 bits per heavy atom. The molecule has 0 fully saturated rings. The molecule has 3 N–H and O–H groups in total. The van der Waals surface area contributed by atoms with Gasteiger partial charge < -0.3 is 15.7 Å². The molecule has 2 aromatic carbocycles. The van der Waals surface area contributed by atoms with Crippen LogP contribution >= 0.6 is 27.5 Å². The lowest BCUT2D eigenvalue weighted by atomic mass is 10.2. The lowest BCUT2D eigenvalue weighted by Gasteiger charge is -2.11. The summed E-state index contributed by atoms with van der Waals surface area (Å²) in [6, 6.07) is 10.9. The van der Waals surface area contributed by atoms with Crippen molar-refractivity contribution in [1.29, 1.82) is 0 Å². The average molecular weight is 370 g/mol. The number of hydrogen-bond donors (Lipinski definition) is 3. The van der Waals surface area contributed by atoms with Gasteiger partial charge in [-0.3, -0.25) is 0 Å². The highest BCUT2D eigenvalue weighted by Gasteiger charge is 2.16. The van der Waals surface area contributed by atoms with Gasteiger partial charge in [-0.25, -0.2) is 9.59 Å². The molecule has 2 amide bonds. The second-order valence-electron chi connectivity index (χ2n) is 4.05. The summed E-state index contributed by atoms with van der Waals surface area (Å²) < 4.78 is 0.886. The number of carbonyl (C=O) groups is 2. The molecule has 0 saturated carbocycles. The van der Waals surface area contributed by atoms with Crippen molar-refractivity contribution in [3.63, 3.8) is 0 Å². The maximum atomic E-state index is 11.9. The van der Waals surface area contributed by atoms with Crippen molar-refractivity contribution in [1.82, 2.24) is 0 Å². The third kappa shape index (κ3) is 3.96. The van der Waals surface area contributed by atoms with Crippen LogP contribution in [0.1, 0.15) is 10.4 Å². The topological polar surface area (TPSA) is 78.4 Å². The van der Waals surface area contributed by atoms with Crippen LogP contribution in [0.25, 0.3) is 0 Å². The molecular weight excluding hydrogens is 360 g/mol. The number of aromatic carboxylic acids is 1. The van der Waals surface area contributed by atoms with E-state index in [2.05, 4.69) is 26.6 Å². The number of hydrogen-bond acceptors (Lipinski definition) is 2. The van der Waals surface area contributed by atoms with Crippen molar-refractivity contribution in [3.8, 4) is 0 Å². The lowest BCUT2D eigenvalue weighted by molar-refractivity contribution is 0.0698. The first-order valence-corrected chi connectivity index (χ1v) is 7.00. The molecule has 0 saturated heterocycles. The summed E-state index contributed by atoms with van der Waals surface area (Å²) in [4.78, 5) is 23.0. The number of carboxylic acid groups (broad SMARTS) is 1. The Hall–Kier alpha value is -2.05. The first kappa shape index (κ1) is 15.3. The minimum Gasteiger partial charge on any atom is -0.478 e. The smallest absolute Gasteiger partial charge is 0.339 e. The molecule has 108 valence electrons. The Morgan fingerprint density at radius 1 is 1.05 bits per heavy atom. The summed E-state index contributed by atoms with van der Waals surface area (Å²) >= 11 is 9.12. The second kappa shape index (κ2) is 6.60. The van der Waals surface area contributed by atoms with Crippen molar-refractivity contribution in [3.05, 3.63) is 57.5 Å². The van der Waals surface area contributed by atoms with Crippen LogP contribution in [0.15, 0.2) is 46.9 Å². The minimum atomic E-state index is -1.21. The minimum absolute atomic E-state index is 0.0592. The van der Waals surface area contributed by atoms with E-state index in [1.165, 1.54) is 12.1 Å². The largest absolute Gasteiger partial charge is 0.478 e. The standard InChI is InChI=1S/C14H10BrClN2O3/c15-8-4-6-9(7-5-8)17-14(21)18-11-3-1-2-10(16)12(11)13(19)20/h1-7H,(H,19,20)(H2,17,18,21). The van der Waals surface area contributed by atoms with Crippen molar-refractivity contribution in [2.75, 3.05) is 10.6 Å². The summed E-state index contributed by atoms with van der Waals surface area (Å²) in [6.45, 7) is 0. The zero-order valence-electron chi connectivity index (χ0n) is 10.6. The highest BCUT2D eigenvalue weighted by atomic mass is 79.9. The molecule has 0 unspecified atom stereocenters. The number of carboxylic acids is 1. The number of amides is 2. The molecule has 0 aliphatic heterocycles. The maximum absolute atomic E-state index is 11.9. The van der Waals surface area contributed by atoms with E-state index in [-0.39, 0.29) is 16.3 Å². The van der Waals surface area contributed by atoms with Gasteiger partial charge in [0.2, 0.25) is 0 Å². The predicted molar refractivity (Wildman–Crippen MR) is 85.2 cm³/mol. The van der Waals surface area contributed by atoms with E-state index < -0.39 is 12.0 Å². The fourth-order valence-electron chi connectivity index (χ4n) is 1.66. The normalized spacial score (nSPS) is 10.0. The van der Waals surface area contributed by atoms with Crippen LogP contribution in [0.2, 0.25) is 5.02 Å². The molecule has 0 aromatic heterocycles. The molecule has 0 radical (unpaired) electrons. The van der Waals surface area contributed by atoms with E-state index in [1.54, 1.807) is 30.3 Å². The lowest BCUT2D eigenvalue weighted by Crippen LogP contribution is -2.21. The molecule has 2 aromatic rings. The molecule has 0 heterocycles. The van der Waals surface area contributed by atoms with Crippen LogP contribution < -0.4 is 10.6 Å². The number of anilines is 2. The molecule has 7 heteroatoms. The van der Waals surface area contributed by atoms with Crippen molar-refractivity contribution >= 4 is 50.9 Å². The number of rotatable bonds is 3. The van der Waals surface area contributed by atoms with Crippen molar-refractivity contribution in [2.45, 2.75) is 0 Å². The van der Waals surface area contributed by atoms with Crippen molar-refractivity contribution in [2.24, 2.45) is 0 Å². The molecule has 0 bridgehead atoms. The van der Waals surface area contributed by atoms with Gasteiger partial charge >= 0.3 is 12.0 Å². The summed E-state index contributed by atoms with van der Waals surface area (Å²) in [5.41, 5.74) is 0.560. The zero-order chi connectivity index (χ0) is 15.4. The predicted octanol–water partition coefficient (Wildman–Crippen LogP) is 4.44.